The largest absolute Gasteiger partial charge is 0.396 e. The smallest absolute Gasteiger partial charge is 0.131 e. The van der Waals surface area contributed by atoms with Crippen molar-refractivity contribution in [3.05, 3.63) is 40.5 Å². The molecule has 3 N–H and O–H groups in total. The molecular weight excluding hydrogens is 281 g/mol. The highest BCUT2D eigenvalue weighted by Crippen LogP contribution is 2.41. The van der Waals surface area contributed by atoms with Crippen molar-refractivity contribution >= 4 is 33.8 Å². The average molecular weight is 293 g/mol. The number of rotatable bonds is 4. The summed E-state index contributed by atoms with van der Waals surface area (Å²) in [5, 5.41) is 13.0. The summed E-state index contributed by atoms with van der Waals surface area (Å²) in [6.07, 6.45) is 1.91. The lowest BCUT2D eigenvalue weighted by Crippen LogP contribution is -1.99. The lowest BCUT2D eigenvalue weighted by Gasteiger charge is -2.06. The number of benzene rings is 1. The minimum absolute atomic E-state index is 0.257. The van der Waals surface area contributed by atoms with Gasteiger partial charge >= 0.3 is 0 Å². The van der Waals surface area contributed by atoms with Gasteiger partial charge in [0.1, 0.15) is 21.8 Å². The first kappa shape index (κ1) is 13.7. The summed E-state index contributed by atoms with van der Waals surface area (Å²) in [5.74, 6) is -0.257. The summed E-state index contributed by atoms with van der Waals surface area (Å²) in [4.78, 5) is 1.38. The quantitative estimate of drug-likeness (QED) is 0.844. The van der Waals surface area contributed by atoms with Crippen molar-refractivity contribution < 1.29 is 4.39 Å². The third-order valence-corrected chi connectivity index (χ3v) is 4.58. The molecule has 6 heteroatoms. The van der Waals surface area contributed by atoms with Gasteiger partial charge in [-0.05, 0) is 24.0 Å². The van der Waals surface area contributed by atoms with E-state index in [1.807, 2.05) is 12.3 Å². The standard InChI is InChI=1S/C13H12FN3S2/c1-18-12-11(16)10(6-15)19-13(12)17-7-8-3-2-4-9(14)5-8/h2-5,17H,7,16H2,1H3. The number of thioether (sulfide) groups is 1. The number of thiophene rings is 1. The zero-order valence-corrected chi connectivity index (χ0v) is 11.9. The molecule has 0 radical (unpaired) electrons. The molecule has 0 aliphatic rings. The third-order valence-electron chi connectivity index (χ3n) is 2.55. The number of nitriles is 1. The van der Waals surface area contributed by atoms with Crippen molar-refractivity contribution in [3.63, 3.8) is 0 Å². The van der Waals surface area contributed by atoms with Gasteiger partial charge < -0.3 is 11.1 Å². The second-order valence-corrected chi connectivity index (χ2v) is 5.64. The number of nitrogens with zero attached hydrogens (tertiary/aromatic N) is 1. The zero-order chi connectivity index (χ0) is 13.8. The predicted octanol–water partition coefficient (Wildman–Crippen LogP) is 3.68. The summed E-state index contributed by atoms with van der Waals surface area (Å²) in [7, 11) is 0. The topological polar surface area (TPSA) is 61.8 Å². The third kappa shape index (κ3) is 3.00. The van der Waals surface area contributed by atoms with E-state index in [4.69, 9.17) is 11.0 Å². The molecule has 0 fully saturated rings. The fourth-order valence-electron chi connectivity index (χ4n) is 1.66. The molecule has 0 spiro atoms. The molecule has 98 valence electrons. The summed E-state index contributed by atoms with van der Waals surface area (Å²) < 4.78 is 13.1. The fourth-order valence-corrected chi connectivity index (χ4v) is 3.49. The van der Waals surface area contributed by atoms with Gasteiger partial charge in [0.2, 0.25) is 0 Å². The minimum Gasteiger partial charge on any atom is -0.396 e. The van der Waals surface area contributed by atoms with Crippen LogP contribution in [0.3, 0.4) is 0 Å². The fraction of sp³-hybridized carbons (Fsp3) is 0.154. The summed E-state index contributed by atoms with van der Waals surface area (Å²) in [6, 6.07) is 8.48. The highest BCUT2D eigenvalue weighted by atomic mass is 32.2. The van der Waals surface area contributed by atoms with E-state index in [1.54, 1.807) is 6.07 Å². The lowest BCUT2D eigenvalue weighted by molar-refractivity contribution is 0.626. The molecule has 3 nitrogen and oxygen atoms in total. The van der Waals surface area contributed by atoms with Gasteiger partial charge in [-0.25, -0.2) is 4.39 Å². The summed E-state index contributed by atoms with van der Waals surface area (Å²) >= 11 is 2.82. The first-order valence-corrected chi connectivity index (χ1v) is 7.54. The van der Waals surface area contributed by atoms with Crippen molar-refractivity contribution in [2.45, 2.75) is 11.4 Å². The number of hydrogen-bond acceptors (Lipinski definition) is 5. The normalized spacial score (nSPS) is 10.2. The van der Waals surface area contributed by atoms with Crippen LogP contribution in [0.4, 0.5) is 15.1 Å². The molecule has 1 aromatic heterocycles. The zero-order valence-electron chi connectivity index (χ0n) is 10.2. The Morgan fingerprint density at radius 1 is 1.53 bits per heavy atom. The maximum atomic E-state index is 13.1. The Hall–Kier alpha value is -1.71. The van der Waals surface area contributed by atoms with Gasteiger partial charge in [-0.1, -0.05) is 12.1 Å². The Bertz CT molecular complexity index is 631. The average Bonchev–Trinajstić information content (AvgIpc) is 2.72. The molecule has 2 aromatic rings. The monoisotopic (exact) mass is 293 g/mol. The Morgan fingerprint density at radius 2 is 2.32 bits per heavy atom. The van der Waals surface area contributed by atoms with Crippen molar-refractivity contribution in [1.29, 1.82) is 5.26 Å². The first-order chi connectivity index (χ1) is 9.15. The molecule has 1 heterocycles. The molecule has 0 aliphatic carbocycles. The van der Waals surface area contributed by atoms with E-state index in [-0.39, 0.29) is 5.82 Å². The van der Waals surface area contributed by atoms with Gasteiger partial charge in [-0.2, -0.15) is 5.26 Å². The van der Waals surface area contributed by atoms with Crippen molar-refractivity contribution in [2.24, 2.45) is 0 Å². The molecular formula is C13H12FN3S2. The van der Waals surface area contributed by atoms with Crippen molar-refractivity contribution in [1.82, 2.24) is 0 Å². The summed E-state index contributed by atoms with van der Waals surface area (Å²) in [6.45, 7) is 0.496. The second-order valence-electron chi connectivity index (χ2n) is 3.80. The number of hydrogen-bond donors (Lipinski definition) is 2. The molecule has 0 atom stereocenters. The van der Waals surface area contributed by atoms with Crippen molar-refractivity contribution in [3.8, 4) is 6.07 Å². The van der Waals surface area contributed by atoms with Gasteiger partial charge in [-0.3, -0.25) is 0 Å². The van der Waals surface area contributed by atoms with Crippen LogP contribution < -0.4 is 11.1 Å². The van der Waals surface area contributed by atoms with Crippen LogP contribution in [0.2, 0.25) is 0 Å². The van der Waals surface area contributed by atoms with Crippen LogP contribution >= 0.6 is 23.1 Å². The maximum Gasteiger partial charge on any atom is 0.131 e. The molecule has 0 aliphatic heterocycles. The van der Waals surface area contributed by atoms with Gasteiger partial charge in [-0.15, -0.1) is 23.1 Å². The Balaban J connectivity index is 2.18. The van der Waals surface area contributed by atoms with Gasteiger partial charge in [0.25, 0.3) is 0 Å². The SMILES string of the molecule is CSc1c(NCc2cccc(F)c2)sc(C#N)c1N. The molecule has 0 saturated carbocycles. The van der Waals surface area contributed by atoms with Crippen LogP contribution in [0.25, 0.3) is 0 Å². The Labute approximate surface area is 119 Å². The maximum absolute atomic E-state index is 13.1. The highest BCUT2D eigenvalue weighted by Gasteiger charge is 2.14. The van der Waals surface area contributed by atoms with E-state index in [9.17, 15) is 4.39 Å². The van der Waals surface area contributed by atoms with Crippen LogP contribution in [-0.4, -0.2) is 6.26 Å². The van der Waals surface area contributed by atoms with Gasteiger partial charge in [0.05, 0.1) is 10.6 Å². The van der Waals surface area contributed by atoms with Crippen LogP contribution in [0, 0.1) is 17.1 Å². The summed E-state index contributed by atoms with van der Waals surface area (Å²) in [5.41, 5.74) is 7.25. The van der Waals surface area contributed by atoms with E-state index in [1.165, 1.54) is 35.2 Å². The highest BCUT2D eigenvalue weighted by molar-refractivity contribution is 7.99. The molecule has 0 bridgehead atoms. The van der Waals surface area contributed by atoms with E-state index in [2.05, 4.69) is 11.4 Å². The van der Waals surface area contributed by atoms with Crippen LogP contribution in [0.15, 0.2) is 29.2 Å². The first-order valence-electron chi connectivity index (χ1n) is 5.50. The van der Waals surface area contributed by atoms with E-state index >= 15 is 0 Å². The predicted molar refractivity (Wildman–Crippen MR) is 79.0 cm³/mol. The van der Waals surface area contributed by atoms with E-state index in [0.717, 1.165) is 15.5 Å². The number of anilines is 2. The van der Waals surface area contributed by atoms with Gasteiger partial charge in [0.15, 0.2) is 0 Å². The molecule has 1 aromatic carbocycles. The molecule has 2 rings (SSSR count). The van der Waals surface area contributed by atoms with Crippen LogP contribution in [0.1, 0.15) is 10.4 Å². The minimum atomic E-state index is -0.257. The number of halogens is 1. The number of nitrogens with two attached hydrogens (primary N) is 1. The van der Waals surface area contributed by atoms with Crippen LogP contribution in [-0.2, 0) is 6.54 Å². The second kappa shape index (κ2) is 5.95. The molecule has 0 amide bonds. The molecule has 0 saturated heterocycles. The van der Waals surface area contributed by atoms with Crippen LogP contribution in [0.5, 0.6) is 0 Å². The Kier molecular flexibility index (Phi) is 4.30. The molecule has 0 unspecified atom stereocenters. The number of nitrogens with one attached hydrogen (secondary N) is 1. The van der Waals surface area contributed by atoms with E-state index in [0.29, 0.717) is 17.1 Å². The lowest BCUT2D eigenvalue weighted by atomic mass is 10.2. The van der Waals surface area contributed by atoms with Gasteiger partial charge in [0, 0.05) is 6.54 Å². The molecule has 19 heavy (non-hydrogen) atoms. The van der Waals surface area contributed by atoms with E-state index < -0.39 is 0 Å². The van der Waals surface area contributed by atoms with Crippen molar-refractivity contribution in [2.75, 3.05) is 17.3 Å². The number of nitrogen functional groups attached to an aromatic ring is 1. The Morgan fingerprint density at radius 3 is 2.95 bits per heavy atom.